The Labute approximate surface area is 203 Å². The summed E-state index contributed by atoms with van der Waals surface area (Å²) in [5, 5.41) is 7.95. The summed E-state index contributed by atoms with van der Waals surface area (Å²) < 4.78 is 74.9. The van der Waals surface area contributed by atoms with E-state index in [0.717, 1.165) is 39.2 Å². The maximum atomic E-state index is 13.6. The largest absolute Gasteiger partial charge is 0.416 e. The highest BCUT2D eigenvalue weighted by Crippen LogP contribution is 2.38. The van der Waals surface area contributed by atoms with Gasteiger partial charge in [-0.15, -0.1) is 0 Å². The minimum atomic E-state index is -4.80. The Hall–Kier alpha value is -2.47. The number of rotatable bonds is 9. The summed E-state index contributed by atoms with van der Waals surface area (Å²) in [5.74, 6) is 0. The van der Waals surface area contributed by atoms with E-state index in [1.807, 2.05) is 32.0 Å². The Morgan fingerprint density at radius 2 is 1.83 bits per heavy atom. The second kappa shape index (κ2) is 11.1. The van der Waals surface area contributed by atoms with Crippen molar-refractivity contribution in [1.29, 1.82) is 0 Å². The van der Waals surface area contributed by atoms with Crippen LogP contribution in [0.5, 0.6) is 0 Å². The molecule has 2 aromatic carbocycles. The van der Waals surface area contributed by atoms with E-state index in [9.17, 15) is 31.6 Å². The van der Waals surface area contributed by atoms with Crippen molar-refractivity contribution >= 4 is 16.4 Å². The lowest BCUT2D eigenvalue weighted by Crippen LogP contribution is -2.45. The van der Waals surface area contributed by atoms with E-state index in [2.05, 4.69) is 0 Å². The molecule has 0 aromatic heterocycles. The number of carbonyl (C=O) groups is 1. The van der Waals surface area contributed by atoms with Gasteiger partial charge in [0.05, 0.1) is 24.8 Å². The van der Waals surface area contributed by atoms with Crippen LogP contribution in [-0.4, -0.2) is 55.1 Å². The first-order chi connectivity index (χ1) is 16.4. The van der Waals surface area contributed by atoms with Gasteiger partial charge in [0.25, 0.3) is 0 Å². The standard InChI is InChI=1S/C24H29F3N2O5S/c1-17-7-8-18(2)19(13-17)15-34-20-9-11-29(12-10-20)35(32,33)23(14-28(31)16-30)21-5-3-4-6-22(21)24(25,26)27/h3-8,13,16,20,23,31H,9-12,14-15H2,1-2H3. The van der Waals surface area contributed by atoms with E-state index in [0.29, 0.717) is 19.4 Å². The number of carbonyl (C=O) groups excluding carboxylic acids is 1. The lowest BCUT2D eigenvalue weighted by molar-refractivity contribution is -0.149. The second-order valence-electron chi connectivity index (χ2n) is 8.69. The molecule has 11 heteroatoms. The molecule has 7 nitrogen and oxygen atoms in total. The normalized spacial score (nSPS) is 16.7. The first-order valence-corrected chi connectivity index (χ1v) is 12.7. The average Bonchev–Trinajstić information content (AvgIpc) is 2.82. The average molecular weight is 515 g/mol. The Morgan fingerprint density at radius 3 is 2.46 bits per heavy atom. The molecule has 0 aliphatic carbocycles. The van der Waals surface area contributed by atoms with Crippen molar-refractivity contribution in [2.75, 3.05) is 19.6 Å². The van der Waals surface area contributed by atoms with Gasteiger partial charge in [-0.25, -0.2) is 17.8 Å². The fraction of sp³-hybridized carbons (Fsp3) is 0.458. The van der Waals surface area contributed by atoms with Crippen LogP contribution in [-0.2, 0) is 32.3 Å². The van der Waals surface area contributed by atoms with Gasteiger partial charge in [-0.3, -0.25) is 10.0 Å². The summed E-state index contributed by atoms with van der Waals surface area (Å²) >= 11 is 0. The van der Waals surface area contributed by atoms with Crippen LogP contribution < -0.4 is 0 Å². The predicted molar refractivity (Wildman–Crippen MR) is 123 cm³/mol. The van der Waals surface area contributed by atoms with Crippen molar-refractivity contribution in [3.8, 4) is 0 Å². The number of hydrogen-bond donors (Lipinski definition) is 1. The maximum absolute atomic E-state index is 13.6. The fourth-order valence-corrected chi connectivity index (χ4v) is 6.15. The molecule has 1 fully saturated rings. The number of aryl methyl sites for hydroxylation is 2. The van der Waals surface area contributed by atoms with Gasteiger partial charge in [0.15, 0.2) is 0 Å². The molecular formula is C24H29F3N2O5S. The van der Waals surface area contributed by atoms with Gasteiger partial charge in [0.1, 0.15) is 5.25 Å². The molecule has 192 valence electrons. The number of halogens is 3. The van der Waals surface area contributed by atoms with E-state index in [1.54, 1.807) is 0 Å². The van der Waals surface area contributed by atoms with Crippen molar-refractivity contribution in [3.63, 3.8) is 0 Å². The number of hydrogen-bond acceptors (Lipinski definition) is 5. The summed E-state index contributed by atoms with van der Waals surface area (Å²) in [6.07, 6.45) is -4.30. The lowest BCUT2D eigenvalue weighted by Gasteiger charge is -2.35. The first kappa shape index (κ1) is 27.1. The molecule has 1 heterocycles. The highest BCUT2D eigenvalue weighted by Gasteiger charge is 2.42. The molecule has 1 saturated heterocycles. The molecule has 1 atom stereocenters. The number of sulfonamides is 1. The van der Waals surface area contributed by atoms with Crippen molar-refractivity contribution < 1.29 is 36.3 Å². The number of benzene rings is 2. The van der Waals surface area contributed by atoms with Crippen LogP contribution in [0.2, 0.25) is 0 Å². The number of alkyl halides is 3. The first-order valence-electron chi connectivity index (χ1n) is 11.2. The van der Waals surface area contributed by atoms with Crippen molar-refractivity contribution in [1.82, 2.24) is 9.37 Å². The van der Waals surface area contributed by atoms with E-state index in [-0.39, 0.29) is 30.7 Å². The number of piperidine rings is 1. The van der Waals surface area contributed by atoms with Gasteiger partial charge < -0.3 is 4.74 Å². The van der Waals surface area contributed by atoms with Gasteiger partial charge in [0, 0.05) is 13.1 Å². The van der Waals surface area contributed by atoms with Crippen LogP contribution in [0.15, 0.2) is 42.5 Å². The summed E-state index contributed by atoms with van der Waals surface area (Å²) in [5.41, 5.74) is 1.59. The number of hydroxylamine groups is 2. The molecule has 1 unspecified atom stereocenters. The summed E-state index contributed by atoms with van der Waals surface area (Å²) in [7, 11) is -4.35. The van der Waals surface area contributed by atoms with Crippen LogP contribution in [0, 0.1) is 13.8 Å². The smallest absolute Gasteiger partial charge is 0.373 e. The van der Waals surface area contributed by atoms with E-state index < -0.39 is 39.1 Å². The third-order valence-corrected chi connectivity index (χ3v) is 8.39. The molecule has 0 saturated carbocycles. The van der Waals surface area contributed by atoms with Gasteiger partial charge in [-0.1, -0.05) is 42.0 Å². The maximum Gasteiger partial charge on any atom is 0.416 e. The van der Waals surface area contributed by atoms with Gasteiger partial charge in [0.2, 0.25) is 16.4 Å². The molecule has 35 heavy (non-hydrogen) atoms. The molecular weight excluding hydrogens is 485 g/mol. The molecule has 1 aliphatic heterocycles. The van der Waals surface area contributed by atoms with Crippen LogP contribution >= 0.6 is 0 Å². The zero-order valence-electron chi connectivity index (χ0n) is 19.5. The minimum absolute atomic E-state index is 0.0356. The van der Waals surface area contributed by atoms with E-state index in [1.165, 1.54) is 6.07 Å². The lowest BCUT2D eigenvalue weighted by atomic mass is 10.0. The zero-order valence-corrected chi connectivity index (χ0v) is 20.3. The van der Waals surface area contributed by atoms with Gasteiger partial charge >= 0.3 is 6.18 Å². The summed E-state index contributed by atoms with van der Waals surface area (Å²) in [6.45, 7) is 3.62. The highest BCUT2D eigenvalue weighted by atomic mass is 32.2. The molecule has 3 rings (SSSR count). The van der Waals surface area contributed by atoms with Crippen LogP contribution in [0.25, 0.3) is 0 Å². The van der Waals surface area contributed by atoms with E-state index in [4.69, 9.17) is 4.74 Å². The molecule has 2 aromatic rings. The number of nitrogens with zero attached hydrogens (tertiary/aromatic N) is 2. The van der Waals surface area contributed by atoms with Crippen molar-refractivity contribution in [2.24, 2.45) is 0 Å². The molecule has 0 bridgehead atoms. The summed E-state index contributed by atoms with van der Waals surface area (Å²) in [4.78, 5) is 11.0. The third kappa shape index (κ3) is 6.60. The Balaban J connectivity index is 1.76. The van der Waals surface area contributed by atoms with Crippen molar-refractivity contribution in [2.45, 2.75) is 50.8 Å². The molecule has 1 amide bonds. The quantitative estimate of drug-likeness (QED) is 0.308. The van der Waals surface area contributed by atoms with E-state index >= 15 is 0 Å². The Morgan fingerprint density at radius 1 is 1.17 bits per heavy atom. The molecule has 0 spiro atoms. The minimum Gasteiger partial charge on any atom is -0.373 e. The van der Waals surface area contributed by atoms with Gasteiger partial charge in [-0.2, -0.15) is 13.2 Å². The molecule has 0 radical (unpaired) electrons. The second-order valence-corrected chi connectivity index (χ2v) is 10.8. The monoisotopic (exact) mass is 514 g/mol. The fourth-order valence-electron chi connectivity index (χ4n) is 4.20. The topological polar surface area (TPSA) is 87.2 Å². The zero-order chi connectivity index (χ0) is 25.8. The number of ether oxygens (including phenoxy) is 1. The Kier molecular flexibility index (Phi) is 8.58. The highest BCUT2D eigenvalue weighted by molar-refractivity contribution is 7.89. The van der Waals surface area contributed by atoms with Crippen molar-refractivity contribution in [3.05, 3.63) is 70.3 Å². The van der Waals surface area contributed by atoms with Crippen LogP contribution in [0.1, 0.15) is 45.9 Å². The molecule has 1 N–H and O–H groups in total. The molecule has 1 aliphatic rings. The summed E-state index contributed by atoms with van der Waals surface area (Å²) in [6, 6.07) is 10.3. The van der Waals surface area contributed by atoms with Crippen LogP contribution in [0.3, 0.4) is 0 Å². The van der Waals surface area contributed by atoms with Gasteiger partial charge in [-0.05, 0) is 49.4 Å². The Bertz CT molecular complexity index is 1130. The SMILES string of the molecule is Cc1ccc(C)c(COC2CCN(S(=O)(=O)C(CN(O)C=O)c3ccccc3C(F)(F)F)CC2)c1. The van der Waals surface area contributed by atoms with Crippen LogP contribution in [0.4, 0.5) is 13.2 Å². The predicted octanol–water partition coefficient (Wildman–Crippen LogP) is 4.22. The number of amides is 1. The third-order valence-electron chi connectivity index (χ3n) is 6.19.